The smallest absolute Gasteiger partial charge is 0.325 e. The molecular weight excluding hydrogens is 318 g/mol. The van der Waals surface area contributed by atoms with Gasteiger partial charge in [0, 0.05) is 18.3 Å². The number of carbonyl (C=O) groups is 1. The van der Waals surface area contributed by atoms with Crippen LogP contribution in [0.5, 0.6) is 11.5 Å². The predicted octanol–water partition coefficient (Wildman–Crippen LogP) is 3.15. The third-order valence-corrected chi connectivity index (χ3v) is 3.87. The number of anilines is 1. The Morgan fingerprint density at radius 2 is 1.88 bits per heavy atom. The zero-order valence-corrected chi connectivity index (χ0v) is 14.2. The summed E-state index contributed by atoms with van der Waals surface area (Å²) in [5.74, 6) is 1.14. The van der Waals surface area contributed by atoms with E-state index >= 15 is 0 Å². The summed E-state index contributed by atoms with van der Waals surface area (Å²) in [6.45, 7) is 1.82. The number of ether oxygens (including phenoxy) is 3. The van der Waals surface area contributed by atoms with Gasteiger partial charge in [0.25, 0.3) is 0 Å². The normalized spacial score (nSPS) is 12.8. The molecule has 0 unspecified atom stereocenters. The summed E-state index contributed by atoms with van der Waals surface area (Å²) in [6, 6.07) is 15.7. The van der Waals surface area contributed by atoms with Crippen molar-refractivity contribution in [2.75, 3.05) is 38.3 Å². The number of carbonyl (C=O) groups excluding carboxylic acids is 1. The number of esters is 1. The molecule has 0 aliphatic carbocycles. The Balaban J connectivity index is 1.77. The lowest BCUT2D eigenvalue weighted by Gasteiger charge is -2.25. The average molecular weight is 339 g/mol. The predicted molar refractivity (Wildman–Crippen MR) is 97.1 cm³/mol. The lowest BCUT2D eigenvalue weighted by molar-refractivity contribution is -0.138. The SMILES string of the molecule is COC(=O)CN(C/C=C/c1ccccc1)c1ccc2c(c1)OCCO2. The molecule has 2 aromatic carbocycles. The van der Waals surface area contributed by atoms with Gasteiger partial charge in [-0.1, -0.05) is 42.5 Å². The molecule has 130 valence electrons. The van der Waals surface area contributed by atoms with Gasteiger partial charge in [0.1, 0.15) is 19.8 Å². The van der Waals surface area contributed by atoms with Crippen LogP contribution in [0.15, 0.2) is 54.6 Å². The molecule has 5 heteroatoms. The van der Waals surface area contributed by atoms with Crippen LogP contribution in [0.1, 0.15) is 5.56 Å². The van der Waals surface area contributed by atoms with Gasteiger partial charge in [-0.05, 0) is 17.7 Å². The third kappa shape index (κ3) is 4.53. The summed E-state index contributed by atoms with van der Waals surface area (Å²) in [6.07, 6.45) is 4.05. The van der Waals surface area contributed by atoms with Crippen LogP contribution in [0.25, 0.3) is 6.08 Å². The molecule has 0 saturated heterocycles. The van der Waals surface area contributed by atoms with Gasteiger partial charge in [0.05, 0.1) is 7.11 Å². The number of fused-ring (bicyclic) bond motifs is 1. The molecule has 0 spiro atoms. The highest BCUT2D eigenvalue weighted by atomic mass is 16.6. The molecular formula is C20H21NO4. The summed E-state index contributed by atoms with van der Waals surface area (Å²) in [5, 5.41) is 0. The Morgan fingerprint density at radius 1 is 1.12 bits per heavy atom. The molecule has 2 aromatic rings. The van der Waals surface area contributed by atoms with Crippen LogP contribution in [0, 0.1) is 0 Å². The fraction of sp³-hybridized carbons (Fsp3) is 0.250. The summed E-state index contributed by atoms with van der Waals surface area (Å²) in [4.78, 5) is 13.7. The summed E-state index contributed by atoms with van der Waals surface area (Å²) in [5.41, 5.74) is 2.00. The summed E-state index contributed by atoms with van der Waals surface area (Å²) in [7, 11) is 1.39. The van der Waals surface area contributed by atoms with Crippen LogP contribution in [-0.4, -0.2) is 39.4 Å². The maximum absolute atomic E-state index is 11.8. The largest absolute Gasteiger partial charge is 0.486 e. The van der Waals surface area contributed by atoms with Crippen molar-refractivity contribution >= 4 is 17.7 Å². The van der Waals surface area contributed by atoms with Crippen molar-refractivity contribution in [3.8, 4) is 11.5 Å². The molecule has 0 amide bonds. The molecule has 0 aromatic heterocycles. The fourth-order valence-corrected chi connectivity index (χ4v) is 2.59. The number of methoxy groups -OCH3 is 1. The minimum absolute atomic E-state index is 0.162. The second kappa shape index (κ2) is 8.24. The third-order valence-electron chi connectivity index (χ3n) is 3.87. The van der Waals surface area contributed by atoms with E-state index in [1.54, 1.807) is 0 Å². The molecule has 25 heavy (non-hydrogen) atoms. The van der Waals surface area contributed by atoms with E-state index in [1.807, 2.05) is 65.6 Å². The first-order valence-electron chi connectivity index (χ1n) is 8.19. The molecule has 1 aliphatic rings. The van der Waals surface area contributed by atoms with Crippen molar-refractivity contribution in [1.29, 1.82) is 0 Å². The van der Waals surface area contributed by atoms with Crippen molar-refractivity contribution in [2.24, 2.45) is 0 Å². The molecule has 5 nitrogen and oxygen atoms in total. The van der Waals surface area contributed by atoms with Gasteiger partial charge >= 0.3 is 5.97 Å². The molecule has 0 atom stereocenters. The highest BCUT2D eigenvalue weighted by Gasteiger charge is 2.16. The van der Waals surface area contributed by atoms with E-state index in [9.17, 15) is 4.79 Å². The quantitative estimate of drug-likeness (QED) is 0.757. The van der Waals surface area contributed by atoms with Crippen molar-refractivity contribution in [1.82, 2.24) is 0 Å². The first-order chi connectivity index (χ1) is 12.3. The van der Waals surface area contributed by atoms with Crippen LogP contribution in [0.4, 0.5) is 5.69 Å². The van der Waals surface area contributed by atoms with E-state index < -0.39 is 0 Å². The molecule has 0 fully saturated rings. The van der Waals surface area contributed by atoms with Gasteiger partial charge in [-0.25, -0.2) is 0 Å². The van der Waals surface area contributed by atoms with E-state index in [0.717, 1.165) is 17.0 Å². The van der Waals surface area contributed by atoms with Gasteiger partial charge in [-0.3, -0.25) is 4.79 Å². The van der Waals surface area contributed by atoms with Crippen LogP contribution in [-0.2, 0) is 9.53 Å². The van der Waals surface area contributed by atoms with Gasteiger partial charge in [-0.15, -0.1) is 0 Å². The van der Waals surface area contributed by atoms with E-state index in [-0.39, 0.29) is 12.5 Å². The average Bonchev–Trinajstić information content (AvgIpc) is 2.67. The monoisotopic (exact) mass is 339 g/mol. The topological polar surface area (TPSA) is 48.0 Å². The maximum Gasteiger partial charge on any atom is 0.325 e. The molecule has 1 heterocycles. The van der Waals surface area contributed by atoms with Crippen LogP contribution in [0.3, 0.4) is 0 Å². The summed E-state index contributed by atoms with van der Waals surface area (Å²) < 4.78 is 16.0. The van der Waals surface area contributed by atoms with Crippen LogP contribution in [0.2, 0.25) is 0 Å². The van der Waals surface area contributed by atoms with E-state index in [0.29, 0.717) is 25.5 Å². The molecule has 1 aliphatic heterocycles. The Labute approximate surface area is 147 Å². The molecule has 0 radical (unpaired) electrons. The minimum Gasteiger partial charge on any atom is -0.486 e. The first-order valence-corrected chi connectivity index (χ1v) is 8.19. The zero-order valence-electron chi connectivity index (χ0n) is 14.2. The van der Waals surface area contributed by atoms with Crippen molar-refractivity contribution in [3.05, 3.63) is 60.2 Å². The number of nitrogens with zero attached hydrogens (tertiary/aromatic N) is 1. The van der Waals surface area contributed by atoms with Crippen molar-refractivity contribution in [3.63, 3.8) is 0 Å². The highest BCUT2D eigenvalue weighted by molar-refractivity contribution is 5.76. The second-order valence-electron chi connectivity index (χ2n) is 5.60. The lowest BCUT2D eigenvalue weighted by Crippen LogP contribution is -2.30. The molecule has 0 bridgehead atoms. The number of rotatable bonds is 6. The molecule has 0 saturated carbocycles. The summed E-state index contributed by atoms with van der Waals surface area (Å²) >= 11 is 0. The maximum atomic E-state index is 11.8. The van der Waals surface area contributed by atoms with Gasteiger partial charge in [0.2, 0.25) is 0 Å². The van der Waals surface area contributed by atoms with Gasteiger partial charge < -0.3 is 19.1 Å². The standard InChI is InChI=1S/C20H21NO4/c1-23-20(22)15-21(11-5-8-16-6-3-2-4-7-16)17-9-10-18-19(14-17)25-13-12-24-18/h2-10,14H,11-13,15H2,1H3/b8-5+. The van der Waals surface area contributed by atoms with E-state index in [2.05, 4.69) is 0 Å². The Morgan fingerprint density at radius 3 is 2.64 bits per heavy atom. The number of hydrogen-bond donors (Lipinski definition) is 0. The first kappa shape index (κ1) is 16.9. The minimum atomic E-state index is -0.289. The Bertz CT molecular complexity index is 743. The number of hydrogen-bond acceptors (Lipinski definition) is 5. The molecule has 0 N–H and O–H groups in total. The van der Waals surface area contributed by atoms with Gasteiger partial charge in [0.15, 0.2) is 11.5 Å². The van der Waals surface area contributed by atoms with Crippen molar-refractivity contribution in [2.45, 2.75) is 0 Å². The van der Waals surface area contributed by atoms with E-state index in [1.165, 1.54) is 7.11 Å². The Kier molecular flexibility index (Phi) is 5.57. The van der Waals surface area contributed by atoms with Crippen LogP contribution >= 0.6 is 0 Å². The second-order valence-corrected chi connectivity index (χ2v) is 5.60. The van der Waals surface area contributed by atoms with Gasteiger partial charge in [-0.2, -0.15) is 0 Å². The highest BCUT2D eigenvalue weighted by Crippen LogP contribution is 2.34. The van der Waals surface area contributed by atoms with E-state index in [4.69, 9.17) is 14.2 Å². The lowest BCUT2D eigenvalue weighted by atomic mass is 10.2. The van der Waals surface area contributed by atoms with Crippen LogP contribution < -0.4 is 14.4 Å². The van der Waals surface area contributed by atoms with Crippen molar-refractivity contribution < 1.29 is 19.0 Å². The molecule has 3 rings (SSSR count). The Hall–Kier alpha value is -2.95. The number of benzene rings is 2. The zero-order chi connectivity index (χ0) is 17.5. The fourth-order valence-electron chi connectivity index (χ4n) is 2.59.